The maximum absolute atomic E-state index is 13.1. The van der Waals surface area contributed by atoms with Crippen LogP contribution in [0.15, 0.2) is 54.6 Å². The highest BCUT2D eigenvalue weighted by molar-refractivity contribution is 5.91. The highest BCUT2D eigenvalue weighted by atomic mass is 19.4. The van der Waals surface area contributed by atoms with Crippen LogP contribution in [0, 0.1) is 0 Å². The van der Waals surface area contributed by atoms with Gasteiger partial charge in [0.2, 0.25) is 0 Å². The second kappa shape index (κ2) is 6.67. The molecule has 0 fully saturated rings. The highest BCUT2D eigenvalue weighted by Crippen LogP contribution is 2.35. The third-order valence-corrected chi connectivity index (χ3v) is 4.15. The molecule has 0 heterocycles. The van der Waals surface area contributed by atoms with Crippen molar-refractivity contribution in [1.29, 1.82) is 0 Å². The molecule has 0 saturated carbocycles. The third kappa shape index (κ3) is 3.96. The highest BCUT2D eigenvalue weighted by Gasteiger charge is 2.38. The summed E-state index contributed by atoms with van der Waals surface area (Å²) >= 11 is 0. The molecular weight excluding hydrogens is 317 g/mol. The number of rotatable bonds is 4. The Morgan fingerprint density at radius 1 is 0.958 bits per heavy atom. The van der Waals surface area contributed by atoms with E-state index in [2.05, 4.69) is 0 Å². The number of halogens is 3. The number of esters is 1. The summed E-state index contributed by atoms with van der Waals surface area (Å²) in [5.74, 6) is -1.16. The predicted molar refractivity (Wildman–Crippen MR) is 85.8 cm³/mol. The zero-order valence-electron chi connectivity index (χ0n) is 13.7. The molecule has 0 spiro atoms. The van der Waals surface area contributed by atoms with Crippen molar-refractivity contribution in [2.24, 2.45) is 0 Å². The van der Waals surface area contributed by atoms with Crippen LogP contribution in [0.4, 0.5) is 13.2 Å². The fraction of sp³-hybridized carbons (Fsp3) is 0.316. The molecule has 0 aliphatic rings. The summed E-state index contributed by atoms with van der Waals surface area (Å²) in [6.45, 7) is 5.26. The number of benzene rings is 2. The van der Waals surface area contributed by atoms with Crippen molar-refractivity contribution in [3.63, 3.8) is 0 Å². The average Bonchev–Trinajstić information content (AvgIpc) is 2.53. The number of hydrogen-bond acceptors (Lipinski definition) is 2. The first-order chi connectivity index (χ1) is 11.1. The van der Waals surface area contributed by atoms with Crippen LogP contribution in [0.3, 0.4) is 0 Å². The van der Waals surface area contributed by atoms with Crippen LogP contribution in [-0.2, 0) is 10.9 Å². The quantitative estimate of drug-likeness (QED) is 0.695. The minimum Gasteiger partial charge on any atom is -0.455 e. The Kier molecular flexibility index (Phi) is 5.02. The molecule has 0 aliphatic carbocycles. The lowest BCUT2D eigenvalue weighted by atomic mass is 9.86. The molecule has 0 bridgehead atoms. The van der Waals surface area contributed by atoms with Crippen molar-refractivity contribution in [2.75, 3.05) is 0 Å². The molecule has 128 valence electrons. The normalized spacial score (nSPS) is 13.4. The molecule has 0 saturated heterocycles. The molecule has 1 atom stereocenters. The number of hydrogen-bond donors (Lipinski definition) is 0. The summed E-state index contributed by atoms with van der Waals surface area (Å²) < 4.78 is 44.6. The van der Waals surface area contributed by atoms with Gasteiger partial charge in [-0.1, -0.05) is 49.4 Å². The van der Waals surface area contributed by atoms with Crippen molar-refractivity contribution in [2.45, 2.75) is 38.5 Å². The third-order valence-electron chi connectivity index (χ3n) is 4.15. The zero-order chi connectivity index (χ0) is 18.0. The molecule has 24 heavy (non-hydrogen) atoms. The lowest BCUT2D eigenvalue weighted by molar-refractivity contribution is -0.138. The smallest absolute Gasteiger partial charge is 0.417 e. The van der Waals surface area contributed by atoms with E-state index in [-0.39, 0.29) is 5.92 Å². The number of alkyl halides is 3. The van der Waals surface area contributed by atoms with E-state index in [1.165, 1.54) is 12.1 Å². The van der Waals surface area contributed by atoms with E-state index < -0.39 is 28.9 Å². The first kappa shape index (κ1) is 18.0. The monoisotopic (exact) mass is 336 g/mol. The molecule has 0 amide bonds. The van der Waals surface area contributed by atoms with Gasteiger partial charge >= 0.3 is 12.1 Å². The zero-order valence-corrected chi connectivity index (χ0v) is 13.7. The van der Waals surface area contributed by atoms with Gasteiger partial charge in [-0.05, 0) is 31.5 Å². The van der Waals surface area contributed by atoms with Gasteiger partial charge in [0, 0.05) is 5.92 Å². The van der Waals surface area contributed by atoms with Gasteiger partial charge in [-0.15, -0.1) is 0 Å². The van der Waals surface area contributed by atoms with Crippen LogP contribution in [0.25, 0.3) is 0 Å². The fourth-order valence-corrected chi connectivity index (χ4v) is 2.43. The topological polar surface area (TPSA) is 26.3 Å². The van der Waals surface area contributed by atoms with Crippen LogP contribution in [0.1, 0.15) is 48.2 Å². The molecule has 2 aromatic rings. The molecule has 2 rings (SSSR count). The van der Waals surface area contributed by atoms with E-state index in [1.807, 2.05) is 37.3 Å². The largest absolute Gasteiger partial charge is 0.455 e. The Balaban J connectivity index is 2.26. The summed E-state index contributed by atoms with van der Waals surface area (Å²) in [4.78, 5) is 12.3. The second-order valence-corrected chi connectivity index (χ2v) is 6.17. The minimum absolute atomic E-state index is 0.180. The van der Waals surface area contributed by atoms with Crippen LogP contribution >= 0.6 is 0 Å². The molecule has 0 radical (unpaired) electrons. The van der Waals surface area contributed by atoms with Gasteiger partial charge in [0.1, 0.15) is 5.60 Å². The van der Waals surface area contributed by atoms with Gasteiger partial charge in [-0.3, -0.25) is 0 Å². The maximum Gasteiger partial charge on any atom is 0.417 e. The first-order valence-electron chi connectivity index (χ1n) is 7.57. The molecule has 0 N–H and O–H groups in total. The van der Waals surface area contributed by atoms with Crippen molar-refractivity contribution in [3.05, 3.63) is 71.3 Å². The molecule has 1 unspecified atom stereocenters. The number of ether oxygens (including phenoxy) is 1. The Morgan fingerprint density at radius 3 is 2.08 bits per heavy atom. The van der Waals surface area contributed by atoms with E-state index in [0.29, 0.717) is 0 Å². The van der Waals surface area contributed by atoms with Gasteiger partial charge in [-0.2, -0.15) is 13.2 Å². The number of carbonyl (C=O) groups is 1. The average molecular weight is 336 g/mol. The van der Waals surface area contributed by atoms with E-state index >= 15 is 0 Å². The fourth-order valence-electron chi connectivity index (χ4n) is 2.43. The number of carbonyl (C=O) groups excluding carboxylic acids is 1. The Labute approximate surface area is 139 Å². The molecule has 2 aromatic carbocycles. The van der Waals surface area contributed by atoms with Gasteiger partial charge in [0.25, 0.3) is 0 Å². The summed E-state index contributed by atoms with van der Waals surface area (Å²) in [5.41, 5.74) is -1.48. The standard InChI is InChI=1S/C19H19F3O2/c1-13(14-9-5-4-6-10-14)18(2,3)24-17(23)15-11-7-8-12-16(15)19(20,21)22/h4-13H,1-3H3. The second-order valence-electron chi connectivity index (χ2n) is 6.17. The molecular formula is C19H19F3O2. The van der Waals surface area contributed by atoms with E-state index in [9.17, 15) is 18.0 Å². The van der Waals surface area contributed by atoms with Crippen LogP contribution in [-0.4, -0.2) is 11.6 Å². The van der Waals surface area contributed by atoms with E-state index in [0.717, 1.165) is 17.7 Å². The summed E-state index contributed by atoms with van der Waals surface area (Å²) in [6, 6.07) is 14.0. The van der Waals surface area contributed by atoms with Gasteiger partial charge < -0.3 is 4.74 Å². The van der Waals surface area contributed by atoms with Crippen molar-refractivity contribution >= 4 is 5.97 Å². The van der Waals surface area contributed by atoms with E-state index in [4.69, 9.17) is 4.74 Å². The SMILES string of the molecule is CC(c1ccccc1)C(C)(C)OC(=O)c1ccccc1C(F)(F)F. The predicted octanol–water partition coefficient (Wildman–Crippen LogP) is 5.44. The summed E-state index contributed by atoms with van der Waals surface area (Å²) in [5, 5.41) is 0. The summed E-state index contributed by atoms with van der Waals surface area (Å²) in [7, 11) is 0. The lowest BCUT2D eigenvalue weighted by Crippen LogP contribution is -2.34. The van der Waals surface area contributed by atoms with Crippen LogP contribution in [0.2, 0.25) is 0 Å². The molecule has 0 aromatic heterocycles. The van der Waals surface area contributed by atoms with Gasteiger partial charge in [0.05, 0.1) is 11.1 Å². The molecule has 2 nitrogen and oxygen atoms in total. The maximum atomic E-state index is 13.1. The minimum atomic E-state index is -4.61. The first-order valence-corrected chi connectivity index (χ1v) is 7.57. The molecule has 5 heteroatoms. The van der Waals surface area contributed by atoms with Crippen molar-refractivity contribution in [1.82, 2.24) is 0 Å². The Morgan fingerprint density at radius 2 is 1.50 bits per heavy atom. The van der Waals surface area contributed by atoms with Gasteiger partial charge in [0.15, 0.2) is 0 Å². The van der Waals surface area contributed by atoms with E-state index in [1.54, 1.807) is 13.8 Å². The molecule has 0 aliphatic heterocycles. The van der Waals surface area contributed by atoms with Crippen molar-refractivity contribution < 1.29 is 22.7 Å². The van der Waals surface area contributed by atoms with Crippen molar-refractivity contribution in [3.8, 4) is 0 Å². The lowest BCUT2D eigenvalue weighted by Gasteiger charge is -2.32. The Hall–Kier alpha value is -2.30. The Bertz CT molecular complexity index is 706. The van der Waals surface area contributed by atoms with Crippen LogP contribution in [0.5, 0.6) is 0 Å². The summed E-state index contributed by atoms with van der Waals surface area (Å²) in [6.07, 6.45) is -4.61. The van der Waals surface area contributed by atoms with Gasteiger partial charge in [-0.25, -0.2) is 4.79 Å². The van der Waals surface area contributed by atoms with Crippen LogP contribution < -0.4 is 0 Å².